The summed E-state index contributed by atoms with van der Waals surface area (Å²) in [6.07, 6.45) is 2.48. The molecule has 2 aromatic rings. The van der Waals surface area contributed by atoms with Crippen molar-refractivity contribution in [3.8, 4) is 0 Å². The summed E-state index contributed by atoms with van der Waals surface area (Å²) in [6, 6.07) is 8.93. The summed E-state index contributed by atoms with van der Waals surface area (Å²) in [4.78, 5) is 23.1. The number of furan rings is 1. The Morgan fingerprint density at radius 2 is 2.00 bits per heavy atom. The maximum absolute atomic E-state index is 11.6. The van der Waals surface area contributed by atoms with Gasteiger partial charge in [-0.15, -0.1) is 0 Å². The molecule has 1 aliphatic heterocycles. The van der Waals surface area contributed by atoms with Gasteiger partial charge in [0.05, 0.1) is 23.4 Å². The van der Waals surface area contributed by atoms with E-state index in [9.17, 15) is 9.59 Å². The molecule has 5 heteroatoms. The molecule has 3 rings (SSSR count). The van der Waals surface area contributed by atoms with Crippen molar-refractivity contribution in [1.82, 2.24) is 5.32 Å². The van der Waals surface area contributed by atoms with E-state index in [2.05, 4.69) is 10.6 Å². The van der Waals surface area contributed by atoms with Gasteiger partial charge in [-0.1, -0.05) is 6.92 Å². The van der Waals surface area contributed by atoms with Crippen molar-refractivity contribution in [2.24, 2.45) is 0 Å². The molecule has 0 bridgehead atoms. The lowest BCUT2D eigenvalue weighted by molar-refractivity contribution is 0.0879. The van der Waals surface area contributed by atoms with Gasteiger partial charge < -0.3 is 9.73 Å². The topological polar surface area (TPSA) is 71.3 Å². The predicted molar refractivity (Wildman–Crippen MR) is 73.6 cm³/mol. The molecule has 102 valence electrons. The SMILES string of the molecule is CCC(Nc1ccc2c(c1)C(=O)NC2=O)c1ccco1. The van der Waals surface area contributed by atoms with Crippen LogP contribution in [0.3, 0.4) is 0 Å². The first-order valence-corrected chi connectivity index (χ1v) is 6.48. The molecular formula is C15H14N2O3. The first kappa shape index (κ1) is 12.5. The second-order valence-electron chi connectivity index (χ2n) is 4.66. The van der Waals surface area contributed by atoms with Crippen molar-refractivity contribution in [3.63, 3.8) is 0 Å². The van der Waals surface area contributed by atoms with E-state index in [0.717, 1.165) is 17.9 Å². The minimum Gasteiger partial charge on any atom is -0.467 e. The molecule has 0 spiro atoms. The van der Waals surface area contributed by atoms with Gasteiger partial charge in [0, 0.05) is 5.69 Å². The van der Waals surface area contributed by atoms with E-state index in [-0.39, 0.29) is 17.9 Å². The molecule has 1 unspecified atom stereocenters. The maximum atomic E-state index is 11.6. The third kappa shape index (κ3) is 2.07. The summed E-state index contributed by atoms with van der Waals surface area (Å²) < 4.78 is 5.39. The Morgan fingerprint density at radius 3 is 2.70 bits per heavy atom. The van der Waals surface area contributed by atoms with Crippen LogP contribution in [-0.2, 0) is 0 Å². The number of fused-ring (bicyclic) bond motifs is 1. The number of hydrogen-bond acceptors (Lipinski definition) is 4. The normalized spacial score (nSPS) is 14.8. The highest BCUT2D eigenvalue weighted by molar-refractivity contribution is 6.21. The van der Waals surface area contributed by atoms with Crippen molar-refractivity contribution in [3.05, 3.63) is 53.5 Å². The summed E-state index contributed by atoms with van der Waals surface area (Å²) >= 11 is 0. The zero-order valence-corrected chi connectivity index (χ0v) is 11.0. The third-order valence-corrected chi connectivity index (χ3v) is 3.37. The minimum absolute atomic E-state index is 0.0308. The molecule has 2 heterocycles. The van der Waals surface area contributed by atoms with Crippen LogP contribution in [0.1, 0.15) is 45.9 Å². The molecule has 20 heavy (non-hydrogen) atoms. The molecule has 1 atom stereocenters. The zero-order valence-electron chi connectivity index (χ0n) is 11.0. The number of hydrogen-bond donors (Lipinski definition) is 2. The van der Waals surface area contributed by atoms with Crippen molar-refractivity contribution in [1.29, 1.82) is 0 Å². The van der Waals surface area contributed by atoms with Gasteiger partial charge in [0.1, 0.15) is 5.76 Å². The molecule has 1 aromatic heterocycles. The Bertz CT molecular complexity index is 662. The van der Waals surface area contributed by atoms with E-state index >= 15 is 0 Å². The molecule has 0 radical (unpaired) electrons. The van der Waals surface area contributed by atoms with Crippen molar-refractivity contribution in [2.75, 3.05) is 5.32 Å². The fourth-order valence-electron chi connectivity index (χ4n) is 2.32. The van der Waals surface area contributed by atoms with E-state index in [4.69, 9.17) is 4.42 Å². The molecule has 0 saturated carbocycles. The third-order valence-electron chi connectivity index (χ3n) is 3.37. The van der Waals surface area contributed by atoms with Crippen LogP contribution in [-0.4, -0.2) is 11.8 Å². The lowest BCUT2D eigenvalue weighted by Gasteiger charge is -2.16. The Labute approximate surface area is 116 Å². The van der Waals surface area contributed by atoms with Gasteiger partial charge in [-0.2, -0.15) is 0 Å². The largest absolute Gasteiger partial charge is 0.467 e. The lowest BCUT2D eigenvalue weighted by atomic mass is 10.1. The van der Waals surface area contributed by atoms with E-state index < -0.39 is 0 Å². The quantitative estimate of drug-likeness (QED) is 0.838. The molecular weight excluding hydrogens is 256 g/mol. The molecule has 1 aliphatic rings. The average molecular weight is 270 g/mol. The van der Waals surface area contributed by atoms with E-state index in [0.29, 0.717) is 11.1 Å². The smallest absolute Gasteiger partial charge is 0.259 e. The van der Waals surface area contributed by atoms with Gasteiger partial charge >= 0.3 is 0 Å². The van der Waals surface area contributed by atoms with Crippen LogP contribution in [0, 0.1) is 0 Å². The molecule has 5 nitrogen and oxygen atoms in total. The van der Waals surface area contributed by atoms with E-state index in [1.165, 1.54) is 0 Å². The summed E-state index contributed by atoms with van der Waals surface area (Å²) in [5, 5.41) is 5.59. The highest BCUT2D eigenvalue weighted by atomic mass is 16.3. The Balaban J connectivity index is 1.87. The predicted octanol–water partition coefficient (Wildman–Crippen LogP) is 2.73. The summed E-state index contributed by atoms with van der Waals surface area (Å²) in [5.74, 6) is 0.155. The molecule has 0 fully saturated rings. The van der Waals surface area contributed by atoms with Gasteiger partial charge in [-0.25, -0.2) is 0 Å². The van der Waals surface area contributed by atoms with Crippen LogP contribution in [0.25, 0.3) is 0 Å². The van der Waals surface area contributed by atoms with Gasteiger partial charge in [0.25, 0.3) is 11.8 Å². The Kier molecular flexibility index (Phi) is 3.02. The molecule has 0 saturated heterocycles. The van der Waals surface area contributed by atoms with Crippen molar-refractivity contribution < 1.29 is 14.0 Å². The van der Waals surface area contributed by atoms with Crippen LogP contribution < -0.4 is 10.6 Å². The number of rotatable bonds is 4. The van der Waals surface area contributed by atoms with Crippen LogP contribution in [0.5, 0.6) is 0 Å². The number of anilines is 1. The van der Waals surface area contributed by atoms with E-state index in [1.807, 2.05) is 19.1 Å². The average Bonchev–Trinajstić information content (AvgIpc) is 3.06. The van der Waals surface area contributed by atoms with Gasteiger partial charge in [-0.3, -0.25) is 14.9 Å². The van der Waals surface area contributed by atoms with E-state index in [1.54, 1.807) is 24.5 Å². The molecule has 1 aromatic carbocycles. The highest BCUT2D eigenvalue weighted by Crippen LogP contribution is 2.26. The standard InChI is InChI=1S/C15H14N2O3/c1-2-12(13-4-3-7-20-13)16-9-5-6-10-11(8-9)15(19)17-14(10)18/h3-8,12,16H,2H2,1H3,(H,17,18,19). The summed E-state index contributed by atoms with van der Waals surface area (Å²) in [6.45, 7) is 2.05. The lowest BCUT2D eigenvalue weighted by Crippen LogP contribution is -2.19. The molecule has 0 aliphatic carbocycles. The summed E-state index contributed by atoms with van der Waals surface area (Å²) in [7, 11) is 0. The number of imide groups is 1. The Hall–Kier alpha value is -2.56. The van der Waals surface area contributed by atoms with Crippen LogP contribution in [0.2, 0.25) is 0 Å². The number of carbonyl (C=O) groups is 2. The maximum Gasteiger partial charge on any atom is 0.259 e. The molecule has 2 N–H and O–H groups in total. The fourth-order valence-corrected chi connectivity index (χ4v) is 2.32. The summed E-state index contributed by atoms with van der Waals surface area (Å²) in [5.41, 5.74) is 1.62. The zero-order chi connectivity index (χ0) is 14.1. The van der Waals surface area contributed by atoms with Crippen molar-refractivity contribution in [2.45, 2.75) is 19.4 Å². The number of carbonyl (C=O) groups excluding carboxylic acids is 2. The van der Waals surface area contributed by atoms with Gasteiger partial charge in [-0.05, 0) is 36.8 Å². The van der Waals surface area contributed by atoms with Gasteiger partial charge in [0.2, 0.25) is 0 Å². The number of benzene rings is 1. The number of amides is 2. The van der Waals surface area contributed by atoms with Crippen LogP contribution in [0.15, 0.2) is 41.0 Å². The van der Waals surface area contributed by atoms with Crippen molar-refractivity contribution >= 4 is 17.5 Å². The second-order valence-corrected chi connectivity index (χ2v) is 4.66. The highest BCUT2D eigenvalue weighted by Gasteiger charge is 2.26. The first-order valence-electron chi connectivity index (χ1n) is 6.48. The monoisotopic (exact) mass is 270 g/mol. The van der Waals surface area contributed by atoms with Crippen LogP contribution >= 0.6 is 0 Å². The van der Waals surface area contributed by atoms with Gasteiger partial charge in [0.15, 0.2) is 0 Å². The second kappa shape index (κ2) is 4.85. The number of nitrogens with one attached hydrogen (secondary N) is 2. The Morgan fingerprint density at radius 1 is 1.20 bits per heavy atom. The van der Waals surface area contributed by atoms with Crippen LogP contribution in [0.4, 0.5) is 5.69 Å². The molecule has 2 amide bonds. The first-order chi connectivity index (χ1) is 9.69. The minimum atomic E-state index is -0.348. The fraction of sp³-hybridized carbons (Fsp3) is 0.200.